The number of aromatic nitrogens is 1. The Morgan fingerprint density at radius 3 is 2.37 bits per heavy atom. The van der Waals surface area contributed by atoms with Gasteiger partial charge < -0.3 is 19.5 Å². The second-order valence-electron chi connectivity index (χ2n) is 9.82. The standard InChI is InChI=1S/C35H34N2O5S/c1-5-19-42-26-12-10-11-24(20-26)30-21-28(27-13-8-9-14-29(27)36-30)33(38)37-34-32(35(39)41-7-3)31(22(4)43-34)23-15-17-25(18-16-23)40-6-2/h8-18,20-21H,5-7,19H2,1-4H3,(H,37,38). The molecule has 3 aromatic carbocycles. The number of amides is 1. The van der Waals surface area contributed by atoms with Crippen LogP contribution in [-0.4, -0.2) is 36.7 Å². The SMILES string of the molecule is CCCOc1cccc(-c2cc(C(=O)Nc3sc(C)c(-c4ccc(OCC)cc4)c3C(=O)OCC)c3ccccc3n2)c1. The molecule has 0 spiro atoms. The van der Waals surface area contributed by atoms with Crippen molar-refractivity contribution in [2.24, 2.45) is 0 Å². The molecule has 0 saturated heterocycles. The molecule has 0 atom stereocenters. The van der Waals surface area contributed by atoms with Gasteiger partial charge in [-0.2, -0.15) is 0 Å². The number of hydrogen-bond donors (Lipinski definition) is 1. The summed E-state index contributed by atoms with van der Waals surface area (Å²) in [4.78, 5) is 33.0. The van der Waals surface area contributed by atoms with E-state index in [9.17, 15) is 9.59 Å². The molecular weight excluding hydrogens is 560 g/mol. The van der Waals surface area contributed by atoms with E-state index in [1.165, 1.54) is 11.3 Å². The predicted octanol–water partition coefficient (Wildman–Crippen LogP) is 8.56. The van der Waals surface area contributed by atoms with Gasteiger partial charge in [0.05, 0.1) is 36.6 Å². The van der Waals surface area contributed by atoms with Gasteiger partial charge in [-0.05, 0) is 69.2 Å². The summed E-state index contributed by atoms with van der Waals surface area (Å²) in [6.45, 7) is 9.07. The van der Waals surface area contributed by atoms with Gasteiger partial charge in [0, 0.05) is 21.4 Å². The molecule has 5 aromatic rings. The molecule has 220 valence electrons. The number of anilines is 1. The normalized spacial score (nSPS) is 10.9. The zero-order chi connectivity index (χ0) is 30.3. The van der Waals surface area contributed by atoms with Crippen LogP contribution in [0.15, 0.2) is 78.9 Å². The Kier molecular flexibility index (Phi) is 9.37. The smallest absolute Gasteiger partial charge is 0.341 e. The number of benzene rings is 3. The first-order valence-electron chi connectivity index (χ1n) is 14.4. The number of nitrogens with one attached hydrogen (secondary N) is 1. The number of esters is 1. The third-order valence-electron chi connectivity index (χ3n) is 6.81. The number of thiophene rings is 1. The molecule has 0 aliphatic heterocycles. The summed E-state index contributed by atoms with van der Waals surface area (Å²) in [6.07, 6.45) is 0.902. The first kappa shape index (κ1) is 29.8. The number of pyridine rings is 1. The van der Waals surface area contributed by atoms with Gasteiger partial charge in [0.1, 0.15) is 22.1 Å². The maximum absolute atomic E-state index is 14.0. The van der Waals surface area contributed by atoms with Crippen molar-refractivity contribution in [3.05, 3.63) is 94.9 Å². The number of hydrogen-bond acceptors (Lipinski definition) is 7. The summed E-state index contributed by atoms with van der Waals surface area (Å²) < 4.78 is 16.9. The number of aryl methyl sites for hydroxylation is 1. The van der Waals surface area contributed by atoms with E-state index < -0.39 is 5.97 Å². The fraction of sp³-hybridized carbons (Fsp3) is 0.229. The Bertz CT molecular complexity index is 1760. The molecule has 7 nitrogen and oxygen atoms in total. The number of rotatable bonds is 11. The van der Waals surface area contributed by atoms with Crippen molar-refractivity contribution in [2.45, 2.75) is 34.1 Å². The highest BCUT2D eigenvalue weighted by Crippen LogP contribution is 2.41. The molecule has 0 unspecified atom stereocenters. The summed E-state index contributed by atoms with van der Waals surface area (Å²) in [5.41, 5.74) is 4.52. The van der Waals surface area contributed by atoms with Crippen LogP contribution in [0.4, 0.5) is 5.00 Å². The summed E-state index contributed by atoms with van der Waals surface area (Å²) in [6, 6.07) is 24.6. The highest BCUT2D eigenvalue weighted by molar-refractivity contribution is 7.17. The van der Waals surface area contributed by atoms with Crippen molar-refractivity contribution >= 4 is 39.1 Å². The first-order valence-corrected chi connectivity index (χ1v) is 15.2. The molecule has 1 amide bonds. The second-order valence-corrected chi connectivity index (χ2v) is 11.0. The fourth-order valence-electron chi connectivity index (χ4n) is 4.91. The Morgan fingerprint density at radius 2 is 1.63 bits per heavy atom. The summed E-state index contributed by atoms with van der Waals surface area (Å²) in [5.74, 6) is 0.655. The Hall–Kier alpha value is -4.69. The van der Waals surface area contributed by atoms with Gasteiger partial charge in [-0.1, -0.05) is 49.4 Å². The molecule has 43 heavy (non-hydrogen) atoms. The molecule has 2 heterocycles. The van der Waals surface area contributed by atoms with Crippen molar-refractivity contribution in [3.63, 3.8) is 0 Å². The molecular formula is C35H34N2O5S. The van der Waals surface area contributed by atoms with Crippen LogP contribution in [0.1, 0.15) is 52.8 Å². The van der Waals surface area contributed by atoms with Gasteiger partial charge in [-0.15, -0.1) is 11.3 Å². The van der Waals surface area contributed by atoms with E-state index in [4.69, 9.17) is 19.2 Å². The number of ether oxygens (including phenoxy) is 3. The molecule has 1 N–H and O–H groups in total. The molecule has 8 heteroatoms. The van der Waals surface area contributed by atoms with Crippen molar-refractivity contribution in [2.75, 3.05) is 25.1 Å². The number of nitrogens with zero attached hydrogens (tertiary/aromatic N) is 1. The number of para-hydroxylation sites is 1. The largest absolute Gasteiger partial charge is 0.494 e. The lowest BCUT2D eigenvalue weighted by atomic mass is 10.0. The lowest BCUT2D eigenvalue weighted by Crippen LogP contribution is -2.15. The third-order valence-corrected chi connectivity index (χ3v) is 7.83. The minimum absolute atomic E-state index is 0.212. The van der Waals surface area contributed by atoms with Crippen molar-refractivity contribution in [3.8, 4) is 33.9 Å². The number of carbonyl (C=O) groups is 2. The lowest BCUT2D eigenvalue weighted by molar-refractivity contribution is 0.0529. The van der Waals surface area contributed by atoms with Gasteiger partial charge in [-0.3, -0.25) is 4.79 Å². The van der Waals surface area contributed by atoms with E-state index in [1.54, 1.807) is 13.0 Å². The van der Waals surface area contributed by atoms with Gasteiger partial charge in [0.25, 0.3) is 5.91 Å². The lowest BCUT2D eigenvalue weighted by Gasteiger charge is -2.12. The van der Waals surface area contributed by atoms with Crippen molar-refractivity contribution < 1.29 is 23.8 Å². The van der Waals surface area contributed by atoms with Crippen LogP contribution in [-0.2, 0) is 4.74 Å². The van der Waals surface area contributed by atoms with Crippen LogP contribution >= 0.6 is 11.3 Å². The molecule has 0 aliphatic carbocycles. The summed E-state index contributed by atoms with van der Waals surface area (Å²) in [7, 11) is 0. The zero-order valence-corrected chi connectivity index (χ0v) is 25.5. The van der Waals surface area contributed by atoms with E-state index in [-0.39, 0.29) is 12.5 Å². The van der Waals surface area contributed by atoms with Crippen LogP contribution in [0.2, 0.25) is 0 Å². The van der Waals surface area contributed by atoms with Crippen molar-refractivity contribution in [1.29, 1.82) is 0 Å². The van der Waals surface area contributed by atoms with Crippen LogP contribution in [0.25, 0.3) is 33.3 Å². The molecule has 0 fully saturated rings. The second kappa shape index (κ2) is 13.5. The molecule has 5 rings (SSSR count). The molecule has 0 aliphatic rings. The maximum Gasteiger partial charge on any atom is 0.341 e. The number of carbonyl (C=O) groups excluding carboxylic acids is 2. The minimum Gasteiger partial charge on any atom is -0.494 e. The molecule has 2 aromatic heterocycles. The summed E-state index contributed by atoms with van der Waals surface area (Å²) in [5, 5.41) is 4.18. The van der Waals surface area contributed by atoms with Crippen LogP contribution in [0.3, 0.4) is 0 Å². The molecule has 0 bridgehead atoms. The first-order chi connectivity index (χ1) is 20.9. The highest BCUT2D eigenvalue weighted by Gasteiger charge is 2.26. The van der Waals surface area contributed by atoms with Gasteiger partial charge in [0.15, 0.2) is 0 Å². The average molecular weight is 595 g/mol. The van der Waals surface area contributed by atoms with E-state index in [0.717, 1.165) is 39.5 Å². The quantitative estimate of drug-likeness (QED) is 0.154. The van der Waals surface area contributed by atoms with Gasteiger partial charge >= 0.3 is 5.97 Å². The van der Waals surface area contributed by atoms with E-state index in [1.807, 2.05) is 86.6 Å². The number of fused-ring (bicyclic) bond motifs is 1. The minimum atomic E-state index is -0.491. The Labute approximate surface area is 255 Å². The summed E-state index contributed by atoms with van der Waals surface area (Å²) >= 11 is 1.35. The monoisotopic (exact) mass is 594 g/mol. The third kappa shape index (κ3) is 6.54. The van der Waals surface area contributed by atoms with E-state index >= 15 is 0 Å². The Balaban J connectivity index is 1.56. The fourth-order valence-corrected chi connectivity index (χ4v) is 5.97. The highest BCUT2D eigenvalue weighted by atomic mass is 32.1. The van der Waals surface area contributed by atoms with Crippen LogP contribution < -0.4 is 14.8 Å². The average Bonchev–Trinajstić information content (AvgIpc) is 3.35. The molecule has 0 saturated carbocycles. The zero-order valence-electron chi connectivity index (χ0n) is 24.7. The maximum atomic E-state index is 14.0. The van der Waals surface area contributed by atoms with Crippen molar-refractivity contribution in [1.82, 2.24) is 4.98 Å². The van der Waals surface area contributed by atoms with Crippen LogP contribution in [0, 0.1) is 6.92 Å². The van der Waals surface area contributed by atoms with E-state index in [0.29, 0.717) is 45.9 Å². The Morgan fingerprint density at radius 1 is 0.837 bits per heavy atom. The van der Waals surface area contributed by atoms with Gasteiger partial charge in [0.2, 0.25) is 0 Å². The topological polar surface area (TPSA) is 86.8 Å². The van der Waals surface area contributed by atoms with Gasteiger partial charge in [-0.25, -0.2) is 9.78 Å². The van der Waals surface area contributed by atoms with E-state index in [2.05, 4.69) is 12.2 Å². The molecule has 0 radical (unpaired) electrons. The predicted molar refractivity (Wildman–Crippen MR) is 173 cm³/mol. The van der Waals surface area contributed by atoms with Crippen LogP contribution in [0.5, 0.6) is 11.5 Å².